The minimum absolute atomic E-state index is 0.498. The van der Waals surface area contributed by atoms with Gasteiger partial charge in [-0.3, -0.25) is 0 Å². The fourth-order valence-corrected chi connectivity index (χ4v) is 0.872. The summed E-state index contributed by atoms with van der Waals surface area (Å²) >= 11 is 4.13. The van der Waals surface area contributed by atoms with E-state index >= 15 is 0 Å². The Labute approximate surface area is 86.1 Å². The van der Waals surface area contributed by atoms with Crippen LogP contribution in [-0.2, 0) is 0 Å². The molecule has 0 saturated heterocycles. The van der Waals surface area contributed by atoms with Gasteiger partial charge in [0.05, 0.1) is 0 Å². The molecule has 0 saturated carbocycles. The van der Waals surface area contributed by atoms with E-state index in [1.54, 1.807) is 6.08 Å². The minimum atomic E-state index is 0.498. The molecule has 2 heteroatoms. The number of thiol groups is 1. The Kier molecular flexibility index (Phi) is 7.21. The zero-order chi connectivity index (χ0) is 10.1. The van der Waals surface area contributed by atoms with Gasteiger partial charge in [-0.05, 0) is 12.3 Å². The summed E-state index contributed by atoms with van der Waals surface area (Å²) in [4.78, 5) is 0.791. The van der Waals surface area contributed by atoms with E-state index in [1.165, 1.54) is 6.20 Å². The van der Waals surface area contributed by atoms with Crippen LogP contribution < -0.4 is 5.73 Å². The first-order valence-corrected chi connectivity index (χ1v) is 4.72. The van der Waals surface area contributed by atoms with Crippen molar-refractivity contribution in [3.63, 3.8) is 0 Å². The molecule has 1 unspecified atom stereocenters. The van der Waals surface area contributed by atoms with Gasteiger partial charge < -0.3 is 5.73 Å². The molecule has 13 heavy (non-hydrogen) atoms. The van der Waals surface area contributed by atoms with Crippen molar-refractivity contribution in [3.05, 3.63) is 48.1 Å². The zero-order valence-corrected chi connectivity index (χ0v) is 8.87. The van der Waals surface area contributed by atoms with E-state index in [0.717, 1.165) is 11.3 Å². The summed E-state index contributed by atoms with van der Waals surface area (Å²) in [7, 11) is 0. The van der Waals surface area contributed by atoms with Crippen LogP contribution in [0.15, 0.2) is 48.1 Å². The second-order valence-electron chi connectivity index (χ2n) is 2.83. The largest absolute Gasteiger partial charge is 0.404 e. The average Bonchev–Trinajstić information content (AvgIpc) is 2.14. The molecule has 0 rings (SSSR count). The summed E-state index contributed by atoms with van der Waals surface area (Å²) in [6.07, 6.45) is 12.3. The lowest BCUT2D eigenvalue weighted by Gasteiger charge is -1.99. The normalized spacial score (nSPS) is 15.4. The van der Waals surface area contributed by atoms with Crippen LogP contribution in [0.2, 0.25) is 0 Å². The van der Waals surface area contributed by atoms with Crippen LogP contribution in [0.5, 0.6) is 0 Å². The first-order chi connectivity index (χ1) is 6.20. The SMILES string of the molecule is C=C/C=C\CC(C)/C=C\C(S)=C/N. The van der Waals surface area contributed by atoms with Crippen molar-refractivity contribution >= 4 is 12.6 Å². The Morgan fingerprint density at radius 3 is 2.85 bits per heavy atom. The van der Waals surface area contributed by atoms with Crippen molar-refractivity contribution in [3.8, 4) is 0 Å². The molecule has 0 radical (unpaired) electrons. The molecule has 2 N–H and O–H groups in total. The topological polar surface area (TPSA) is 26.0 Å². The predicted molar refractivity (Wildman–Crippen MR) is 63.5 cm³/mol. The molecular formula is C11H17NS. The third-order valence-corrected chi connectivity index (χ3v) is 1.84. The highest BCUT2D eigenvalue weighted by atomic mass is 32.1. The quantitative estimate of drug-likeness (QED) is 0.512. The van der Waals surface area contributed by atoms with Crippen molar-refractivity contribution < 1.29 is 0 Å². The summed E-state index contributed by atoms with van der Waals surface area (Å²) in [5.41, 5.74) is 5.26. The van der Waals surface area contributed by atoms with Crippen molar-refractivity contribution in [1.29, 1.82) is 0 Å². The monoisotopic (exact) mass is 195 g/mol. The van der Waals surface area contributed by atoms with E-state index in [2.05, 4.69) is 38.3 Å². The van der Waals surface area contributed by atoms with Crippen LogP contribution in [0.4, 0.5) is 0 Å². The van der Waals surface area contributed by atoms with Crippen LogP contribution in [-0.4, -0.2) is 0 Å². The van der Waals surface area contributed by atoms with E-state index in [1.807, 2.05) is 12.2 Å². The fraction of sp³-hybridized carbons (Fsp3) is 0.273. The smallest absolute Gasteiger partial charge is 0.0192 e. The molecule has 0 spiro atoms. The van der Waals surface area contributed by atoms with Gasteiger partial charge in [0.25, 0.3) is 0 Å². The Morgan fingerprint density at radius 2 is 2.31 bits per heavy atom. The Bertz CT molecular complexity index is 226. The number of hydrogen-bond acceptors (Lipinski definition) is 2. The predicted octanol–water partition coefficient (Wildman–Crippen LogP) is 3.04. The van der Waals surface area contributed by atoms with E-state index in [-0.39, 0.29) is 0 Å². The molecule has 0 aliphatic rings. The van der Waals surface area contributed by atoms with E-state index < -0.39 is 0 Å². The number of nitrogens with two attached hydrogens (primary N) is 1. The molecule has 0 aromatic carbocycles. The van der Waals surface area contributed by atoms with Gasteiger partial charge in [-0.2, -0.15) is 0 Å². The molecule has 0 fully saturated rings. The Morgan fingerprint density at radius 1 is 1.62 bits per heavy atom. The van der Waals surface area contributed by atoms with Crippen molar-refractivity contribution in [1.82, 2.24) is 0 Å². The molecule has 0 bridgehead atoms. The summed E-state index contributed by atoms with van der Waals surface area (Å²) in [5.74, 6) is 0.498. The highest BCUT2D eigenvalue weighted by Crippen LogP contribution is 2.08. The molecule has 0 aliphatic carbocycles. The van der Waals surface area contributed by atoms with Gasteiger partial charge in [-0.1, -0.05) is 43.9 Å². The van der Waals surface area contributed by atoms with Crippen LogP contribution >= 0.6 is 12.6 Å². The van der Waals surface area contributed by atoms with Gasteiger partial charge in [0.2, 0.25) is 0 Å². The van der Waals surface area contributed by atoms with Gasteiger partial charge in [0.1, 0.15) is 0 Å². The van der Waals surface area contributed by atoms with Crippen LogP contribution in [0.1, 0.15) is 13.3 Å². The van der Waals surface area contributed by atoms with E-state index in [0.29, 0.717) is 5.92 Å². The van der Waals surface area contributed by atoms with Crippen molar-refractivity contribution in [2.75, 3.05) is 0 Å². The lowest BCUT2D eigenvalue weighted by atomic mass is 10.1. The maximum atomic E-state index is 5.26. The van der Waals surface area contributed by atoms with Crippen molar-refractivity contribution in [2.24, 2.45) is 11.7 Å². The van der Waals surface area contributed by atoms with Gasteiger partial charge in [0, 0.05) is 11.1 Å². The molecular weight excluding hydrogens is 178 g/mol. The maximum Gasteiger partial charge on any atom is 0.0192 e. The summed E-state index contributed by atoms with van der Waals surface area (Å²) in [6.45, 7) is 5.74. The van der Waals surface area contributed by atoms with Crippen molar-refractivity contribution in [2.45, 2.75) is 13.3 Å². The number of rotatable bonds is 5. The molecule has 0 heterocycles. The van der Waals surface area contributed by atoms with Crippen LogP contribution in [0.3, 0.4) is 0 Å². The molecule has 72 valence electrons. The standard InChI is InChI=1S/C11H17NS/c1-3-4-5-6-10(2)7-8-11(13)9-12/h3-5,7-10,13H,1,6,12H2,2H3/b5-4-,8-7-,11-9+. The summed E-state index contributed by atoms with van der Waals surface area (Å²) in [6, 6.07) is 0. The summed E-state index contributed by atoms with van der Waals surface area (Å²) in [5, 5.41) is 0. The maximum absolute atomic E-state index is 5.26. The van der Waals surface area contributed by atoms with E-state index in [9.17, 15) is 0 Å². The lowest BCUT2D eigenvalue weighted by Crippen LogP contribution is -1.86. The fourth-order valence-electron chi connectivity index (χ4n) is 0.786. The molecule has 0 aromatic heterocycles. The second kappa shape index (κ2) is 7.74. The third-order valence-electron chi connectivity index (χ3n) is 1.55. The molecule has 0 amide bonds. The Hall–Kier alpha value is -0.890. The number of allylic oxidation sites excluding steroid dienone is 5. The summed E-state index contributed by atoms with van der Waals surface area (Å²) < 4.78 is 0. The zero-order valence-electron chi connectivity index (χ0n) is 7.98. The van der Waals surface area contributed by atoms with Gasteiger partial charge in [0.15, 0.2) is 0 Å². The third kappa shape index (κ3) is 7.47. The first kappa shape index (κ1) is 12.1. The highest BCUT2D eigenvalue weighted by Gasteiger charge is 1.91. The lowest BCUT2D eigenvalue weighted by molar-refractivity contribution is 0.744. The second-order valence-corrected chi connectivity index (χ2v) is 3.34. The first-order valence-electron chi connectivity index (χ1n) is 4.27. The van der Waals surface area contributed by atoms with Gasteiger partial charge in [-0.25, -0.2) is 0 Å². The molecule has 1 nitrogen and oxygen atoms in total. The van der Waals surface area contributed by atoms with Crippen LogP contribution in [0, 0.1) is 5.92 Å². The van der Waals surface area contributed by atoms with Gasteiger partial charge in [-0.15, -0.1) is 12.6 Å². The van der Waals surface area contributed by atoms with E-state index in [4.69, 9.17) is 5.73 Å². The molecule has 1 atom stereocenters. The minimum Gasteiger partial charge on any atom is -0.404 e. The highest BCUT2D eigenvalue weighted by molar-refractivity contribution is 7.84. The van der Waals surface area contributed by atoms with Crippen LogP contribution in [0.25, 0.3) is 0 Å². The van der Waals surface area contributed by atoms with Gasteiger partial charge >= 0.3 is 0 Å². The molecule has 0 aliphatic heterocycles. The number of hydrogen-bond donors (Lipinski definition) is 2. The molecule has 0 aromatic rings. The Balaban J connectivity index is 3.86. The average molecular weight is 195 g/mol.